The molecule has 1 atom stereocenters. The smallest absolute Gasteiger partial charge is 0.0417 e. The van der Waals surface area contributed by atoms with Crippen molar-refractivity contribution in [2.45, 2.75) is 174 Å². The predicted octanol–water partition coefficient (Wildman–Crippen LogP) is 11.4. The van der Waals surface area contributed by atoms with Gasteiger partial charge in [0.1, 0.15) is 0 Å². The molecule has 2 radical (unpaired) electrons. The van der Waals surface area contributed by atoms with E-state index in [2.05, 4.69) is 20.8 Å². The molecule has 0 heteroatoms. The average molecular weight is 421 g/mol. The van der Waals surface area contributed by atoms with Crippen LogP contribution in [0.3, 0.4) is 0 Å². The highest BCUT2D eigenvalue weighted by Gasteiger charge is 2.04. The van der Waals surface area contributed by atoms with Crippen LogP contribution >= 0.6 is 0 Å². The van der Waals surface area contributed by atoms with Gasteiger partial charge in [0, 0.05) is 0 Å². The van der Waals surface area contributed by atoms with Crippen LogP contribution in [0.1, 0.15) is 174 Å². The first-order valence-corrected chi connectivity index (χ1v) is 14.4. The van der Waals surface area contributed by atoms with Crippen LogP contribution < -0.4 is 0 Å². The van der Waals surface area contributed by atoms with Crippen LogP contribution in [-0.2, 0) is 0 Å². The Balaban J connectivity index is 3.06. The highest BCUT2D eigenvalue weighted by atomic mass is 14.1. The van der Waals surface area contributed by atoms with E-state index in [0.717, 1.165) is 18.8 Å². The third kappa shape index (κ3) is 24.3. The van der Waals surface area contributed by atoms with Crippen LogP contribution in [0.15, 0.2) is 0 Å². The molecule has 0 heterocycles. The zero-order valence-electron chi connectivity index (χ0n) is 21.4. The topological polar surface area (TPSA) is 0 Å². The van der Waals surface area contributed by atoms with Crippen LogP contribution in [0.25, 0.3) is 0 Å². The highest BCUT2D eigenvalue weighted by Crippen LogP contribution is 2.20. The molecule has 1 unspecified atom stereocenters. The van der Waals surface area contributed by atoms with Gasteiger partial charge in [0.15, 0.2) is 0 Å². The molecule has 0 rings (SSSR count). The molecule has 30 heavy (non-hydrogen) atoms. The maximum atomic E-state index is 4.01. The second-order valence-corrected chi connectivity index (χ2v) is 9.98. The minimum Gasteiger partial charge on any atom is -0.0651 e. The van der Waals surface area contributed by atoms with Gasteiger partial charge in [-0.25, -0.2) is 0 Å². The average Bonchev–Trinajstić information content (AvgIpc) is 2.76. The van der Waals surface area contributed by atoms with E-state index in [4.69, 9.17) is 0 Å². The molecule has 0 aliphatic rings. The lowest BCUT2D eigenvalue weighted by atomic mass is 9.94. The molecule has 0 spiro atoms. The second kappa shape index (κ2) is 27.0. The molecule has 0 aromatic heterocycles. The quantitative estimate of drug-likeness (QED) is 0.122. The van der Waals surface area contributed by atoms with E-state index in [1.165, 1.54) is 154 Å². The van der Waals surface area contributed by atoms with Crippen LogP contribution in [0.4, 0.5) is 0 Å². The molecule has 0 amide bonds. The first-order valence-electron chi connectivity index (χ1n) is 14.4. The van der Waals surface area contributed by atoms with E-state index in [1.54, 1.807) is 0 Å². The molecule has 0 aliphatic carbocycles. The zero-order chi connectivity index (χ0) is 22.0. The number of hydrogen-bond acceptors (Lipinski definition) is 0. The summed E-state index contributed by atoms with van der Waals surface area (Å²) in [6.07, 6.45) is 37.1. The Morgan fingerprint density at radius 2 is 0.667 bits per heavy atom. The van der Waals surface area contributed by atoms with Crippen molar-refractivity contribution >= 4 is 0 Å². The summed E-state index contributed by atoms with van der Waals surface area (Å²) in [4.78, 5) is 0. The number of hydrogen-bond donors (Lipinski definition) is 0. The lowest BCUT2D eigenvalue weighted by Gasteiger charge is -2.12. The molecule has 0 bridgehead atoms. The van der Waals surface area contributed by atoms with E-state index in [-0.39, 0.29) is 0 Å². The molecule has 0 aromatic carbocycles. The van der Waals surface area contributed by atoms with Crippen molar-refractivity contribution in [2.24, 2.45) is 5.92 Å². The van der Waals surface area contributed by atoms with Gasteiger partial charge in [0.25, 0.3) is 0 Å². The van der Waals surface area contributed by atoms with Gasteiger partial charge in [0.05, 0.1) is 0 Å². The summed E-state index contributed by atoms with van der Waals surface area (Å²) in [6.45, 7) is 10.3. The van der Waals surface area contributed by atoms with Gasteiger partial charge in [-0.3, -0.25) is 0 Å². The third-order valence-electron chi connectivity index (χ3n) is 7.05. The van der Waals surface area contributed by atoms with Crippen molar-refractivity contribution in [3.63, 3.8) is 0 Å². The molecule has 0 saturated carbocycles. The number of rotatable bonds is 26. The van der Waals surface area contributed by atoms with E-state index < -0.39 is 0 Å². The molecular weight excluding hydrogens is 360 g/mol. The predicted molar refractivity (Wildman–Crippen MR) is 140 cm³/mol. The minimum absolute atomic E-state index is 0.950. The molecular formula is C30H60. The van der Waals surface area contributed by atoms with Crippen molar-refractivity contribution in [3.05, 3.63) is 13.8 Å². The Morgan fingerprint density at radius 1 is 0.367 bits per heavy atom. The summed E-state index contributed by atoms with van der Waals surface area (Å²) in [5.41, 5.74) is 0. The Hall–Kier alpha value is 0. The SMILES string of the molecule is [CH2]CCCCCCCCCCCCCCCCCCCCCCCC(CC)CC[CH2]. The second-order valence-electron chi connectivity index (χ2n) is 9.98. The molecule has 0 aliphatic heterocycles. The van der Waals surface area contributed by atoms with Crippen LogP contribution in [-0.4, -0.2) is 0 Å². The summed E-state index contributed by atoms with van der Waals surface area (Å²) in [7, 11) is 0. The summed E-state index contributed by atoms with van der Waals surface area (Å²) >= 11 is 0. The maximum Gasteiger partial charge on any atom is -0.0417 e. The first-order chi connectivity index (χ1) is 14.8. The van der Waals surface area contributed by atoms with E-state index in [9.17, 15) is 0 Å². The summed E-state index contributed by atoms with van der Waals surface area (Å²) in [5, 5.41) is 0. The normalized spacial score (nSPS) is 12.5. The van der Waals surface area contributed by atoms with Gasteiger partial charge in [0.2, 0.25) is 0 Å². The Kier molecular flexibility index (Phi) is 27.0. The van der Waals surface area contributed by atoms with Crippen molar-refractivity contribution < 1.29 is 0 Å². The van der Waals surface area contributed by atoms with Gasteiger partial charge in [-0.05, 0) is 5.92 Å². The largest absolute Gasteiger partial charge is 0.0651 e. The fourth-order valence-electron chi connectivity index (χ4n) is 4.81. The van der Waals surface area contributed by atoms with Crippen LogP contribution in [0, 0.1) is 19.8 Å². The molecule has 0 saturated heterocycles. The molecule has 0 nitrogen and oxygen atoms in total. The van der Waals surface area contributed by atoms with Crippen LogP contribution in [0.2, 0.25) is 0 Å². The number of unbranched alkanes of at least 4 members (excludes halogenated alkanes) is 21. The summed E-state index contributed by atoms with van der Waals surface area (Å²) in [5.74, 6) is 0.950. The van der Waals surface area contributed by atoms with Gasteiger partial charge in [-0.1, -0.05) is 188 Å². The summed E-state index contributed by atoms with van der Waals surface area (Å²) < 4.78 is 0. The fraction of sp³-hybridized carbons (Fsp3) is 0.933. The molecule has 0 aromatic rings. The molecule has 180 valence electrons. The first kappa shape index (κ1) is 30.0. The lowest BCUT2D eigenvalue weighted by molar-refractivity contribution is 0.413. The molecule has 0 fully saturated rings. The zero-order valence-corrected chi connectivity index (χ0v) is 21.4. The highest BCUT2D eigenvalue weighted by molar-refractivity contribution is 4.59. The van der Waals surface area contributed by atoms with Gasteiger partial charge < -0.3 is 0 Å². The molecule has 0 N–H and O–H groups in total. The van der Waals surface area contributed by atoms with Crippen molar-refractivity contribution in [2.75, 3.05) is 0 Å². The minimum atomic E-state index is 0.950. The monoisotopic (exact) mass is 420 g/mol. The summed E-state index contributed by atoms with van der Waals surface area (Å²) in [6, 6.07) is 0. The van der Waals surface area contributed by atoms with E-state index in [0.29, 0.717) is 0 Å². The maximum absolute atomic E-state index is 4.01. The Bertz CT molecular complexity index is 282. The van der Waals surface area contributed by atoms with Gasteiger partial charge in [-0.15, -0.1) is 0 Å². The third-order valence-corrected chi connectivity index (χ3v) is 7.05. The lowest BCUT2D eigenvalue weighted by Crippen LogP contribution is -1.98. The Labute approximate surface area is 193 Å². The fourth-order valence-corrected chi connectivity index (χ4v) is 4.81. The van der Waals surface area contributed by atoms with E-state index >= 15 is 0 Å². The van der Waals surface area contributed by atoms with Crippen molar-refractivity contribution in [1.29, 1.82) is 0 Å². The van der Waals surface area contributed by atoms with E-state index in [1.807, 2.05) is 0 Å². The van der Waals surface area contributed by atoms with Crippen molar-refractivity contribution in [3.8, 4) is 0 Å². The van der Waals surface area contributed by atoms with Gasteiger partial charge in [-0.2, -0.15) is 0 Å². The van der Waals surface area contributed by atoms with Crippen LogP contribution in [0.5, 0.6) is 0 Å². The van der Waals surface area contributed by atoms with Crippen molar-refractivity contribution in [1.82, 2.24) is 0 Å². The standard InChI is InChI=1S/C30H60/c1-4-7-8-9-10-11-12-13-14-15-16-17-18-19-20-21-22-23-24-25-26-27-29-30(6-3)28-5-2/h30H,1-2,4-29H2,3H3. The Morgan fingerprint density at radius 3 is 0.933 bits per heavy atom. The van der Waals surface area contributed by atoms with Gasteiger partial charge >= 0.3 is 0 Å².